The number of halogens is 1. The maximum atomic E-state index is 13.0. The highest BCUT2D eigenvalue weighted by Gasteiger charge is 2.16. The van der Waals surface area contributed by atoms with Crippen molar-refractivity contribution in [2.24, 2.45) is 5.92 Å². The van der Waals surface area contributed by atoms with E-state index >= 15 is 0 Å². The number of hydrogen-bond donors (Lipinski definition) is 2. The summed E-state index contributed by atoms with van der Waals surface area (Å²) in [4.78, 5) is 25.8. The second-order valence-electron chi connectivity index (χ2n) is 8.31. The highest BCUT2D eigenvalue weighted by molar-refractivity contribution is 9.10. The number of nitrogens with one attached hydrogen (secondary N) is 2. The Morgan fingerprint density at radius 2 is 1.67 bits per heavy atom. The summed E-state index contributed by atoms with van der Waals surface area (Å²) >= 11 is 3.43. The van der Waals surface area contributed by atoms with Crippen LogP contribution in [0.3, 0.4) is 0 Å². The molecule has 0 aromatic heterocycles. The lowest BCUT2D eigenvalue weighted by atomic mass is 10.1. The van der Waals surface area contributed by atoms with E-state index in [1.165, 1.54) is 0 Å². The van der Waals surface area contributed by atoms with Gasteiger partial charge in [0.1, 0.15) is 5.75 Å². The third kappa shape index (κ3) is 7.19. The molecule has 0 saturated carbocycles. The summed E-state index contributed by atoms with van der Waals surface area (Å²) in [5, 5.41) is 5.88. The fourth-order valence-electron chi connectivity index (χ4n) is 3.25. The standard InChI is InChI=1S/C27H29BrN2O3/c1-18(2)14-15-33-25-13-12-22(28)17-24(25)27(32)30-23-11-7-10-21(16-23)26(31)29-19(3)20-8-5-4-6-9-20/h4-13,16-19H,14-15H2,1-3H3,(H,29,31)(H,30,32). The van der Waals surface area contributed by atoms with Crippen LogP contribution in [-0.4, -0.2) is 18.4 Å². The Hall–Kier alpha value is -3.12. The number of carbonyl (C=O) groups excluding carboxylic acids is 2. The lowest BCUT2D eigenvalue weighted by molar-refractivity contribution is 0.0938. The summed E-state index contributed by atoms with van der Waals surface area (Å²) in [6, 6.07) is 21.9. The molecular weight excluding hydrogens is 480 g/mol. The van der Waals surface area contributed by atoms with Gasteiger partial charge < -0.3 is 15.4 Å². The summed E-state index contributed by atoms with van der Waals surface area (Å²) < 4.78 is 6.65. The minimum Gasteiger partial charge on any atom is -0.493 e. The molecule has 1 unspecified atom stereocenters. The molecule has 172 valence electrons. The SMILES string of the molecule is CC(C)CCOc1ccc(Br)cc1C(=O)Nc1cccc(C(=O)NC(C)c2ccccc2)c1. The van der Waals surface area contributed by atoms with Crippen LogP contribution in [0.2, 0.25) is 0 Å². The molecule has 2 N–H and O–H groups in total. The Morgan fingerprint density at radius 3 is 2.39 bits per heavy atom. The first-order valence-corrected chi connectivity index (χ1v) is 11.8. The molecule has 0 radical (unpaired) electrons. The van der Waals surface area contributed by atoms with Crippen LogP contribution in [0.5, 0.6) is 5.75 Å². The van der Waals surface area contributed by atoms with Crippen LogP contribution in [0, 0.1) is 5.92 Å². The molecule has 0 aliphatic carbocycles. The van der Waals surface area contributed by atoms with Crippen molar-refractivity contribution in [1.29, 1.82) is 0 Å². The summed E-state index contributed by atoms with van der Waals surface area (Å²) in [5.74, 6) is 0.534. The summed E-state index contributed by atoms with van der Waals surface area (Å²) in [5.41, 5.74) is 2.46. The number of ether oxygens (including phenoxy) is 1. The Balaban J connectivity index is 1.70. The second-order valence-corrected chi connectivity index (χ2v) is 9.23. The van der Waals surface area contributed by atoms with Crippen molar-refractivity contribution in [3.8, 4) is 5.75 Å². The van der Waals surface area contributed by atoms with Gasteiger partial charge in [0.2, 0.25) is 0 Å². The normalized spacial score (nSPS) is 11.7. The van der Waals surface area contributed by atoms with Crippen LogP contribution in [0.15, 0.2) is 77.3 Å². The molecule has 3 aromatic carbocycles. The fourth-order valence-corrected chi connectivity index (χ4v) is 3.61. The molecule has 0 fully saturated rings. The van der Waals surface area contributed by atoms with E-state index in [1.807, 2.05) is 43.3 Å². The third-order valence-electron chi connectivity index (χ3n) is 5.17. The highest BCUT2D eigenvalue weighted by atomic mass is 79.9. The number of amides is 2. The molecule has 5 nitrogen and oxygen atoms in total. The zero-order chi connectivity index (χ0) is 23.8. The number of benzene rings is 3. The van der Waals surface area contributed by atoms with Gasteiger partial charge in [0, 0.05) is 15.7 Å². The van der Waals surface area contributed by atoms with Gasteiger partial charge in [-0.15, -0.1) is 0 Å². The van der Waals surface area contributed by atoms with Crippen molar-refractivity contribution >= 4 is 33.4 Å². The van der Waals surface area contributed by atoms with Crippen LogP contribution in [0.1, 0.15) is 59.5 Å². The van der Waals surface area contributed by atoms with Crippen molar-refractivity contribution in [1.82, 2.24) is 5.32 Å². The van der Waals surface area contributed by atoms with Gasteiger partial charge in [-0.2, -0.15) is 0 Å². The molecule has 0 bridgehead atoms. The zero-order valence-corrected chi connectivity index (χ0v) is 20.7. The number of rotatable bonds is 9. The quantitative estimate of drug-likeness (QED) is 0.341. The molecule has 0 aliphatic rings. The van der Waals surface area contributed by atoms with Gasteiger partial charge >= 0.3 is 0 Å². The van der Waals surface area contributed by atoms with E-state index in [0.29, 0.717) is 35.1 Å². The first-order chi connectivity index (χ1) is 15.8. The summed E-state index contributed by atoms with van der Waals surface area (Å²) in [6.45, 7) is 6.73. The Morgan fingerprint density at radius 1 is 0.909 bits per heavy atom. The summed E-state index contributed by atoms with van der Waals surface area (Å²) in [6.07, 6.45) is 0.898. The maximum absolute atomic E-state index is 13.0. The fraction of sp³-hybridized carbons (Fsp3) is 0.259. The number of hydrogen-bond acceptors (Lipinski definition) is 3. The molecular formula is C27H29BrN2O3. The molecule has 33 heavy (non-hydrogen) atoms. The van der Waals surface area contributed by atoms with E-state index < -0.39 is 0 Å². The van der Waals surface area contributed by atoms with Crippen molar-refractivity contribution in [2.45, 2.75) is 33.2 Å². The van der Waals surface area contributed by atoms with Gasteiger partial charge in [0.05, 0.1) is 18.2 Å². The first-order valence-electron chi connectivity index (χ1n) is 11.0. The molecule has 0 spiro atoms. The van der Waals surface area contributed by atoms with Gasteiger partial charge in [-0.25, -0.2) is 0 Å². The van der Waals surface area contributed by atoms with E-state index in [2.05, 4.69) is 40.4 Å². The summed E-state index contributed by atoms with van der Waals surface area (Å²) in [7, 11) is 0. The van der Waals surface area contributed by atoms with Gasteiger partial charge in [-0.1, -0.05) is 66.2 Å². The minimum atomic E-state index is -0.300. The Bertz CT molecular complexity index is 1100. The van der Waals surface area contributed by atoms with E-state index in [-0.39, 0.29) is 17.9 Å². The molecule has 1 atom stereocenters. The van der Waals surface area contributed by atoms with Crippen LogP contribution < -0.4 is 15.4 Å². The molecule has 0 saturated heterocycles. The largest absolute Gasteiger partial charge is 0.493 e. The van der Waals surface area contributed by atoms with Crippen LogP contribution in [0.25, 0.3) is 0 Å². The van der Waals surface area contributed by atoms with Crippen LogP contribution in [-0.2, 0) is 0 Å². The molecule has 6 heteroatoms. The third-order valence-corrected chi connectivity index (χ3v) is 5.66. The van der Waals surface area contributed by atoms with E-state index in [1.54, 1.807) is 36.4 Å². The van der Waals surface area contributed by atoms with Crippen LogP contribution in [0.4, 0.5) is 5.69 Å². The Kier molecular flexibility index (Phi) is 8.66. The molecule has 3 aromatic rings. The second kappa shape index (κ2) is 11.7. The van der Waals surface area contributed by atoms with E-state index in [0.717, 1.165) is 16.5 Å². The molecule has 0 heterocycles. The predicted octanol–water partition coefficient (Wildman–Crippen LogP) is 6.62. The lowest BCUT2D eigenvalue weighted by Gasteiger charge is -2.15. The van der Waals surface area contributed by atoms with Crippen molar-refractivity contribution in [3.05, 3.63) is 94.0 Å². The average Bonchev–Trinajstić information content (AvgIpc) is 2.80. The van der Waals surface area contributed by atoms with Crippen molar-refractivity contribution < 1.29 is 14.3 Å². The highest BCUT2D eigenvalue weighted by Crippen LogP contribution is 2.25. The van der Waals surface area contributed by atoms with Crippen molar-refractivity contribution in [3.63, 3.8) is 0 Å². The molecule has 2 amide bonds. The topological polar surface area (TPSA) is 67.4 Å². The molecule has 3 rings (SSSR count). The van der Waals surface area contributed by atoms with Gasteiger partial charge in [-0.05, 0) is 61.2 Å². The van der Waals surface area contributed by atoms with E-state index in [4.69, 9.17) is 4.74 Å². The van der Waals surface area contributed by atoms with Gasteiger partial charge in [0.15, 0.2) is 0 Å². The van der Waals surface area contributed by atoms with Gasteiger partial charge in [0.25, 0.3) is 11.8 Å². The van der Waals surface area contributed by atoms with Crippen LogP contribution >= 0.6 is 15.9 Å². The zero-order valence-electron chi connectivity index (χ0n) is 19.1. The monoisotopic (exact) mass is 508 g/mol. The predicted molar refractivity (Wildman–Crippen MR) is 136 cm³/mol. The lowest BCUT2D eigenvalue weighted by Crippen LogP contribution is -2.26. The van der Waals surface area contributed by atoms with E-state index in [9.17, 15) is 9.59 Å². The Labute approximate surface area is 203 Å². The molecule has 0 aliphatic heterocycles. The maximum Gasteiger partial charge on any atom is 0.259 e. The smallest absolute Gasteiger partial charge is 0.259 e. The average molecular weight is 509 g/mol. The first kappa shape index (κ1) is 24.5. The number of anilines is 1. The minimum absolute atomic E-state index is 0.135. The van der Waals surface area contributed by atoms with Crippen molar-refractivity contribution in [2.75, 3.05) is 11.9 Å². The number of carbonyl (C=O) groups is 2. The van der Waals surface area contributed by atoms with Gasteiger partial charge in [-0.3, -0.25) is 9.59 Å².